The van der Waals surface area contributed by atoms with E-state index in [2.05, 4.69) is 12.2 Å². The Kier molecular flexibility index (Phi) is 2.73. The summed E-state index contributed by atoms with van der Waals surface area (Å²) in [4.78, 5) is 11.1. The number of hydrogen-bond donors (Lipinski definition) is 2. The van der Waals surface area contributed by atoms with Crippen LogP contribution in [0.3, 0.4) is 0 Å². The molecular formula is C9H18N2O. The molecule has 0 aromatic rings. The highest BCUT2D eigenvalue weighted by atomic mass is 16.2. The van der Waals surface area contributed by atoms with Crippen molar-refractivity contribution >= 4 is 5.91 Å². The summed E-state index contributed by atoms with van der Waals surface area (Å²) in [6.45, 7) is 4.70. The molecule has 3 heteroatoms. The standard InChI is InChI=1S/C9H18N2O/c1-7(10)8(12)11-6-9(2)4-3-5-9/h7H,3-6,10H2,1-2H3,(H,11,12). The fourth-order valence-electron chi connectivity index (χ4n) is 1.42. The quantitative estimate of drug-likeness (QED) is 0.653. The van der Waals surface area contributed by atoms with Crippen LogP contribution >= 0.6 is 0 Å². The van der Waals surface area contributed by atoms with Crippen LogP contribution < -0.4 is 11.1 Å². The van der Waals surface area contributed by atoms with Gasteiger partial charge in [0.1, 0.15) is 0 Å². The molecule has 0 saturated heterocycles. The Hall–Kier alpha value is -0.570. The van der Waals surface area contributed by atoms with Crippen molar-refractivity contribution in [2.24, 2.45) is 11.1 Å². The van der Waals surface area contributed by atoms with Crippen molar-refractivity contribution < 1.29 is 4.79 Å². The van der Waals surface area contributed by atoms with Crippen LogP contribution in [0.4, 0.5) is 0 Å². The van der Waals surface area contributed by atoms with Crippen molar-refractivity contribution in [3.8, 4) is 0 Å². The summed E-state index contributed by atoms with van der Waals surface area (Å²) in [7, 11) is 0. The van der Waals surface area contributed by atoms with Crippen LogP contribution in [0.1, 0.15) is 33.1 Å². The second-order valence-electron chi connectivity index (χ2n) is 4.17. The summed E-state index contributed by atoms with van der Waals surface area (Å²) < 4.78 is 0. The Labute approximate surface area is 73.7 Å². The zero-order valence-corrected chi connectivity index (χ0v) is 7.89. The van der Waals surface area contributed by atoms with Crippen LogP contribution in [0, 0.1) is 5.41 Å². The zero-order valence-electron chi connectivity index (χ0n) is 7.89. The first kappa shape index (κ1) is 9.52. The van der Waals surface area contributed by atoms with Crippen LogP contribution in [0.5, 0.6) is 0 Å². The molecule has 0 aromatic heterocycles. The fraction of sp³-hybridized carbons (Fsp3) is 0.889. The molecule has 1 amide bonds. The lowest BCUT2D eigenvalue weighted by Gasteiger charge is -2.38. The summed E-state index contributed by atoms with van der Waals surface area (Å²) in [6, 6.07) is -0.381. The van der Waals surface area contributed by atoms with E-state index in [-0.39, 0.29) is 11.9 Å². The van der Waals surface area contributed by atoms with E-state index in [1.807, 2.05) is 0 Å². The first-order chi connectivity index (χ1) is 5.53. The van der Waals surface area contributed by atoms with Crippen molar-refractivity contribution in [3.63, 3.8) is 0 Å². The maximum atomic E-state index is 11.1. The van der Waals surface area contributed by atoms with Gasteiger partial charge in [-0.3, -0.25) is 4.79 Å². The smallest absolute Gasteiger partial charge is 0.236 e. The molecule has 3 N–H and O–H groups in total. The molecule has 1 atom stereocenters. The first-order valence-corrected chi connectivity index (χ1v) is 4.57. The van der Waals surface area contributed by atoms with Crippen molar-refractivity contribution in [2.75, 3.05) is 6.54 Å². The van der Waals surface area contributed by atoms with Crippen molar-refractivity contribution in [2.45, 2.75) is 39.2 Å². The number of amides is 1. The van der Waals surface area contributed by atoms with Gasteiger partial charge in [0.25, 0.3) is 0 Å². The number of rotatable bonds is 3. The Morgan fingerprint density at radius 3 is 2.58 bits per heavy atom. The molecule has 0 aliphatic heterocycles. The van der Waals surface area contributed by atoms with Gasteiger partial charge in [0, 0.05) is 6.54 Å². The minimum absolute atomic E-state index is 0.0388. The maximum Gasteiger partial charge on any atom is 0.236 e. The molecule has 1 rings (SSSR count). The van der Waals surface area contributed by atoms with E-state index in [1.165, 1.54) is 19.3 Å². The monoisotopic (exact) mass is 170 g/mol. The van der Waals surface area contributed by atoms with Crippen LogP contribution in [-0.2, 0) is 4.79 Å². The van der Waals surface area contributed by atoms with E-state index in [1.54, 1.807) is 6.92 Å². The van der Waals surface area contributed by atoms with Gasteiger partial charge in [-0.25, -0.2) is 0 Å². The normalized spacial score (nSPS) is 22.6. The van der Waals surface area contributed by atoms with E-state index in [0.717, 1.165) is 6.54 Å². The molecule has 1 saturated carbocycles. The SMILES string of the molecule is CC(N)C(=O)NCC1(C)CCC1. The van der Waals surface area contributed by atoms with Gasteiger partial charge in [-0.05, 0) is 25.2 Å². The molecule has 12 heavy (non-hydrogen) atoms. The van der Waals surface area contributed by atoms with Gasteiger partial charge in [-0.15, -0.1) is 0 Å². The molecule has 0 heterocycles. The van der Waals surface area contributed by atoms with Crippen molar-refractivity contribution in [1.29, 1.82) is 0 Å². The molecule has 1 aliphatic carbocycles. The highest BCUT2D eigenvalue weighted by molar-refractivity contribution is 5.80. The number of carbonyl (C=O) groups excluding carboxylic acids is 1. The predicted molar refractivity (Wildman–Crippen MR) is 48.6 cm³/mol. The number of nitrogens with two attached hydrogens (primary N) is 1. The third-order valence-corrected chi connectivity index (χ3v) is 2.66. The van der Waals surface area contributed by atoms with Crippen molar-refractivity contribution in [3.05, 3.63) is 0 Å². The fourth-order valence-corrected chi connectivity index (χ4v) is 1.42. The third-order valence-electron chi connectivity index (χ3n) is 2.66. The predicted octanol–water partition coefficient (Wildman–Crippen LogP) is 0.640. The lowest BCUT2D eigenvalue weighted by molar-refractivity contribution is -0.122. The van der Waals surface area contributed by atoms with E-state index < -0.39 is 0 Å². The number of carbonyl (C=O) groups is 1. The Morgan fingerprint density at radius 1 is 1.67 bits per heavy atom. The van der Waals surface area contributed by atoms with Gasteiger partial charge in [-0.1, -0.05) is 13.3 Å². The van der Waals surface area contributed by atoms with Gasteiger partial charge in [0.2, 0.25) is 5.91 Å². The minimum Gasteiger partial charge on any atom is -0.354 e. The average molecular weight is 170 g/mol. The van der Waals surface area contributed by atoms with Crippen LogP contribution in [0.2, 0.25) is 0 Å². The van der Waals surface area contributed by atoms with Gasteiger partial charge >= 0.3 is 0 Å². The second-order valence-corrected chi connectivity index (χ2v) is 4.17. The van der Waals surface area contributed by atoms with Crippen molar-refractivity contribution in [1.82, 2.24) is 5.32 Å². The van der Waals surface area contributed by atoms with Gasteiger partial charge in [0.05, 0.1) is 6.04 Å². The van der Waals surface area contributed by atoms with E-state index in [4.69, 9.17) is 5.73 Å². The minimum atomic E-state index is -0.381. The van der Waals surface area contributed by atoms with E-state index >= 15 is 0 Å². The highest BCUT2D eigenvalue weighted by Crippen LogP contribution is 2.39. The Bertz CT molecular complexity index is 173. The molecule has 70 valence electrons. The molecule has 0 radical (unpaired) electrons. The second kappa shape index (κ2) is 3.44. The van der Waals surface area contributed by atoms with Gasteiger partial charge in [0.15, 0.2) is 0 Å². The zero-order chi connectivity index (χ0) is 9.19. The molecule has 1 aliphatic rings. The summed E-state index contributed by atoms with van der Waals surface area (Å²) in [5.74, 6) is -0.0388. The number of nitrogens with one attached hydrogen (secondary N) is 1. The van der Waals surface area contributed by atoms with E-state index in [0.29, 0.717) is 5.41 Å². The summed E-state index contributed by atoms with van der Waals surface area (Å²) in [5.41, 5.74) is 5.76. The van der Waals surface area contributed by atoms with Crippen LogP contribution in [0.25, 0.3) is 0 Å². The van der Waals surface area contributed by atoms with E-state index in [9.17, 15) is 4.79 Å². The molecule has 1 fully saturated rings. The largest absolute Gasteiger partial charge is 0.354 e. The highest BCUT2D eigenvalue weighted by Gasteiger charge is 2.31. The topological polar surface area (TPSA) is 55.1 Å². The van der Waals surface area contributed by atoms with Crippen LogP contribution in [-0.4, -0.2) is 18.5 Å². The molecule has 0 bridgehead atoms. The molecule has 0 aromatic carbocycles. The average Bonchev–Trinajstić information content (AvgIpc) is 1.96. The Balaban J connectivity index is 2.21. The third kappa shape index (κ3) is 2.21. The van der Waals surface area contributed by atoms with Gasteiger partial charge < -0.3 is 11.1 Å². The summed E-state index contributed by atoms with van der Waals surface area (Å²) >= 11 is 0. The lowest BCUT2D eigenvalue weighted by atomic mass is 9.70. The molecule has 1 unspecified atom stereocenters. The molecular weight excluding hydrogens is 152 g/mol. The van der Waals surface area contributed by atoms with Crippen LogP contribution in [0.15, 0.2) is 0 Å². The molecule has 3 nitrogen and oxygen atoms in total. The lowest BCUT2D eigenvalue weighted by Crippen LogP contribution is -2.45. The Morgan fingerprint density at radius 2 is 2.25 bits per heavy atom. The maximum absolute atomic E-state index is 11.1. The number of hydrogen-bond acceptors (Lipinski definition) is 2. The summed E-state index contributed by atoms with van der Waals surface area (Å²) in [5, 5.41) is 2.86. The summed E-state index contributed by atoms with van der Waals surface area (Å²) in [6.07, 6.45) is 3.75. The van der Waals surface area contributed by atoms with Gasteiger partial charge in [-0.2, -0.15) is 0 Å². The molecule has 0 spiro atoms. The first-order valence-electron chi connectivity index (χ1n) is 4.57.